The minimum atomic E-state index is -3.80. The number of hydrogen-bond donors (Lipinski definition) is 2. The van der Waals surface area contributed by atoms with E-state index in [4.69, 9.17) is 28.3 Å². The van der Waals surface area contributed by atoms with E-state index in [1.165, 1.54) is 18.2 Å². The molecule has 0 amide bonds. The molecular formula is C11H13Cl2NO4S. The van der Waals surface area contributed by atoms with Gasteiger partial charge in [-0.25, -0.2) is 8.42 Å². The van der Waals surface area contributed by atoms with Crippen molar-refractivity contribution in [3.8, 4) is 0 Å². The van der Waals surface area contributed by atoms with Gasteiger partial charge in [0.2, 0.25) is 10.0 Å². The topological polar surface area (TPSA) is 77.8 Å². The molecule has 1 aromatic rings. The highest BCUT2D eigenvalue weighted by atomic mass is 35.5. The molecule has 1 aliphatic heterocycles. The summed E-state index contributed by atoms with van der Waals surface area (Å²) in [6.45, 7) is -0.490. The summed E-state index contributed by atoms with van der Waals surface area (Å²) in [5, 5.41) is 19.3. The molecule has 8 heteroatoms. The Morgan fingerprint density at radius 3 is 2.58 bits per heavy atom. The van der Waals surface area contributed by atoms with Gasteiger partial charge in [0.05, 0.1) is 11.6 Å². The Kier molecular flexibility index (Phi) is 4.11. The second-order valence-electron chi connectivity index (χ2n) is 4.55. The number of hydrogen-bond acceptors (Lipinski definition) is 4. The third-order valence-corrected chi connectivity index (χ3v) is 5.67. The van der Waals surface area contributed by atoms with E-state index in [0.717, 1.165) is 4.31 Å². The van der Waals surface area contributed by atoms with Gasteiger partial charge in [-0.1, -0.05) is 23.2 Å². The summed E-state index contributed by atoms with van der Waals surface area (Å²) in [5.74, 6) is 0. The average molecular weight is 326 g/mol. The number of sulfonamides is 1. The Morgan fingerprint density at radius 1 is 1.37 bits per heavy atom. The summed E-state index contributed by atoms with van der Waals surface area (Å²) in [6, 6.07) is 4.12. The summed E-state index contributed by atoms with van der Waals surface area (Å²) in [6.07, 6.45) is 0.188. The quantitative estimate of drug-likeness (QED) is 0.872. The summed E-state index contributed by atoms with van der Waals surface area (Å²) < 4.78 is 25.9. The Balaban J connectivity index is 2.34. The highest BCUT2D eigenvalue weighted by Crippen LogP contribution is 2.31. The summed E-state index contributed by atoms with van der Waals surface area (Å²) in [5.41, 5.74) is -1.38. The van der Waals surface area contributed by atoms with Gasteiger partial charge >= 0.3 is 0 Å². The van der Waals surface area contributed by atoms with Gasteiger partial charge < -0.3 is 10.2 Å². The van der Waals surface area contributed by atoms with Crippen molar-refractivity contribution in [2.24, 2.45) is 0 Å². The van der Waals surface area contributed by atoms with Crippen molar-refractivity contribution in [1.29, 1.82) is 0 Å². The minimum absolute atomic E-state index is 0.0342. The van der Waals surface area contributed by atoms with Crippen LogP contribution in [0.2, 0.25) is 10.0 Å². The molecule has 2 rings (SSSR count). The van der Waals surface area contributed by atoms with Crippen LogP contribution in [0.15, 0.2) is 23.1 Å². The fourth-order valence-corrected chi connectivity index (χ4v) is 4.24. The van der Waals surface area contributed by atoms with Crippen LogP contribution in [0, 0.1) is 0 Å². The van der Waals surface area contributed by atoms with E-state index in [9.17, 15) is 13.5 Å². The molecule has 19 heavy (non-hydrogen) atoms. The first-order valence-electron chi connectivity index (χ1n) is 5.57. The van der Waals surface area contributed by atoms with Gasteiger partial charge in [-0.3, -0.25) is 0 Å². The Labute approximate surface area is 121 Å². The standard InChI is InChI=1S/C11H13Cl2NO4S/c12-8-1-2-10(9(13)5-8)19(17,18)14-4-3-11(16,6-14)7-15/h1-2,5,15-16H,3-4,6-7H2/t11-/m1/s1. The summed E-state index contributed by atoms with van der Waals surface area (Å²) in [4.78, 5) is -0.0549. The van der Waals surface area contributed by atoms with Crippen molar-refractivity contribution < 1.29 is 18.6 Å². The van der Waals surface area contributed by atoms with Crippen molar-refractivity contribution in [3.63, 3.8) is 0 Å². The van der Waals surface area contributed by atoms with Crippen molar-refractivity contribution >= 4 is 33.2 Å². The largest absolute Gasteiger partial charge is 0.393 e. The van der Waals surface area contributed by atoms with Crippen molar-refractivity contribution in [2.45, 2.75) is 16.9 Å². The predicted molar refractivity (Wildman–Crippen MR) is 71.9 cm³/mol. The van der Waals surface area contributed by atoms with E-state index in [2.05, 4.69) is 0 Å². The molecule has 2 N–H and O–H groups in total. The van der Waals surface area contributed by atoms with Crippen LogP contribution >= 0.6 is 23.2 Å². The minimum Gasteiger partial charge on any atom is -0.393 e. The molecule has 1 atom stereocenters. The van der Waals surface area contributed by atoms with Gasteiger partial charge in [0.1, 0.15) is 10.5 Å². The fourth-order valence-electron chi connectivity index (χ4n) is 1.98. The molecular weight excluding hydrogens is 313 g/mol. The van der Waals surface area contributed by atoms with Crippen LogP contribution in [0.5, 0.6) is 0 Å². The molecule has 0 radical (unpaired) electrons. The van der Waals surface area contributed by atoms with E-state index in [-0.39, 0.29) is 29.4 Å². The van der Waals surface area contributed by atoms with Crippen molar-refractivity contribution in [3.05, 3.63) is 28.2 Å². The van der Waals surface area contributed by atoms with Crippen molar-refractivity contribution in [1.82, 2.24) is 4.31 Å². The SMILES string of the molecule is O=S(=O)(c1ccc(Cl)cc1Cl)N1CC[C@](O)(CO)C1. The van der Waals surface area contributed by atoms with E-state index >= 15 is 0 Å². The molecule has 106 valence electrons. The molecule has 0 aromatic heterocycles. The zero-order valence-electron chi connectivity index (χ0n) is 9.88. The number of nitrogens with zero attached hydrogens (tertiary/aromatic N) is 1. The first-order valence-corrected chi connectivity index (χ1v) is 7.76. The van der Waals surface area contributed by atoms with Crippen LogP contribution in [0.1, 0.15) is 6.42 Å². The molecule has 0 bridgehead atoms. The second kappa shape index (κ2) is 5.20. The lowest BCUT2D eigenvalue weighted by Gasteiger charge is -2.21. The van der Waals surface area contributed by atoms with Gasteiger partial charge in [-0.2, -0.15) is 4.31 Å². The molecule has 1 aliphatic rings. The zero-order chi connectivity index (χ0) is 14.3. The summed E-state index contributed by atoms with van der Waals surface area (Å²) >= 11 is 11.6. The third kappa shape index (κ3) is 2.89. The van der Waals surface area contributed by atoms with Gasteiger partial charge in [-0.15, -0.1) is 0 Å². The predicted octanol–water partition coefficient (Wildman–Crippen LogP) is 1.11. The van der Waals surface area contributed by atoms with Crippen LogP contribution < -0.4 is 0 Å². The monoisotopic (exact) mass is 325 g/mol. The van der Waals surface area contributed by atoms with Gasteiger partial charge in [0.15, 0.2) is 0 Å². The molecule has 0 spiro atoms. The normalized spacial score (nSPS) is 24.8. The molecule has 1 heterocycles. The number of β-amino-alcohol motifs (C(OH)–C–C–N with tert-alkyl or cyclic N) is 1. The molecule has 0 aliphatic carbocycles. The Bertz CT molecular complexity index is 592. The third-order valence-electron chi connectivity index (χ3n) is 3.10. The van der Waals surface area contributed by atoms with Crippen LogP contribution in [-0.4, -0.2) is 48.2 Å². The van der Waals surface area contributed by atoms with E-state index < -0.39 is 22.2 Å². The van der Waals surface area contributed by atoms with Crippen LogP contribution in [0.4, 0.5) is 0 Å². The van der Waals surface area contributed by atoms with Gasteiger partial charge in [0, 0.05) is 18.1 Å². The summed E-state index contributed by atoms with van der Waals surface area (Å²) in [7, 11) is -3.80. The Hall–Kier alpha value is -0.370. The molecule has 0 unspecified atom stereocenters. The second-order valence-corrected chi connectivity index (χ2v) is 7.30. The molecule has 1 aromatic carbocycles. The first kappa shape index (κ1) is 15.0. The van der Waals surface area contributed by atoms with Crippen LogP contribution in [0.3, 0.4) is 0 Å². The highest BCUT2D eigenvalue weighted by molar-refractivity contribution is 7.89. The number of halogens is 2. The van der Waals surface area contributed by atoms with E-state index in [0.29, 0.717) is 5.02 Å². The van der Waals surface area contributed by atoms with Crippen molar-refractivity contribution in [2.75, 3.05) is 19.7 Å². The van der Waals surface area contributed by atoms with Gasteiger partial charge in [-0.05, 0) is 24.6 Å². The number of rotatable bonds is 3. The van der Waals surface area contributed by atoms with E-state index in [1.54, 1.807) is 0 Å². The molecule has 0 saturated carbocycles. The number of aliphatic hydroxyl groups excluding tert-OH is 1. The maximum Gasteiger partial charge on any atom is 0.244 e. The fraction of sp³-hybridized carbons (Fsp3) is 0.455. The highest BCUT2D eigenvalue weighted by Gasteiger charge is 2.41. The van der Waals surface area contributed by atoms with Crippen LogP contribution in [0.25, 0.3) is 0 Å². The lowest BCUT2D eigenvalue weighted by atomic mass is 10.1. The maximum atomic E-state index is 12.4. The zero-order valence-corrected chi connectivity index (χ0v) is 12.2. The first-order chi connectivity index (χ1) is 8.78. The lowest BCUT2D eigenvalue weighted by molar-refractivity contribution is -0.000733. The van der Waals surface area contributed by atoms with Crippen LogP contribution in [-0.2, 0) is 10.0 Å². The van der Waals surface area contributed by atoms with E-state index in [1.807, 2.05) is 0 Å². The smallest absolute Gasteiger partial charge is 0.244 e. The maximum absolute atomic E-state index is 12.4. The lowest BCUT2D eigenvalue weighted by Crippen LogP contribution is -2.38. The number of benzene rings is 1. The number of aliphatic hydroxyl groups is 2. The Morgan fingerprint density at radius 2 is 2.05 bits per heavy atom. The molecule has 1 saturated heterocycles. The molecule has 5 nitrogen and oxygen atoms in total. The average Bonchev–Trinajstić information content (AvgIpc) is 2.73. The molecule has 1 fully saturated rings. The van der Waals surface area contributed by atoms with Gasteiger partial charge in [0.25, 0.3) is 0 Å².